The maximum atomic E-state index is 12.9. The Kier molecular flexibility index (Phi) is 4.78. The summed E-state index contributed by atoms with van der Waals surface area (Å²) in [6, 6.07) is 9.18. The summed E-state index contributed by atoms with van der Waals surface area (Å²) >= 11 is 0. The van der Waals surface area contributed by atoms with Crippen LogP contribution in [-0.2, 0) is 6.18 Å². The monoisotopic (exact) mass is 320 g/mol. The standard InChI is InChI=1S/C18H19F3N2/c1-12-9-17(22-11-23(3)4)13(2)8-16(12)14-6-5-7-15(10-14)18(19,20)21/h5-11H,1-4H3/b22-11+. The Hall–Kier alpha value is -2.30. The minimum atomic E-state index is -4.34. The predicted octanol–water partition coefficient (Wildman–Crippen LogP) is 5.21. The molecule has 2 aromatic rings. The van der Waals surface area contributed by atoms with Gasteiger partial charge in [0, 0.05) is 14.1 Å². The van der Waals surface area contributed by atoms with E-state index in [4.69, 9.17) is 0 Å². The van der Waals surface area contributed by atoms with Gasteiger partial charge in [-0.15, -0.1) is 0 Å². The van der Waals surface area contributed by atoms with Crippen LogP contribution in [0.15, 0.2) is 41.4 Å². The number of benzene rings is 2. The molecule has 0 saturated carbocycles. The molecule has 5 heteroatoms. The lowest BCUT2D eigenvalue weighted by Gasteiger charge is -2.13. The van der Waals surface area contributed by atoms with Crippen LogP contribution in [0.3, 0.4) is 0 Å². The number of rotatable bonds is 3. The van der Waals surface area contributed by atoms with Gasteiger partial charge >= 0.3 is 6.18 Å². The normalized spacial score (nSPS) is 12.0. The first kappa shape index (κ1) is 17.1. The van der Waals surface area contributed by atoms with Crippen LogP contribution in [0.25, 0.3) is 11.1 Å². The third kappa shape index (κ3) is 4.12. The number of hydrogen-bond donors (Lipinski definition) is 0. The molecular formula is C18H19F3N2. The first-order valence-electron chi connectivity index (χ1n) is 7.18. The molecule has 0 saturated heterocycles. The van der Waals surface area contributed by atoms with E-state index in [9.17, 15) is 13.2 Å². The zero-order chi connectivity index (χ0) is 17.2. The Morgan fingerprint density at radius 1 is 1.00 bits per heavy atom. The van der Waals surface area contributed by atoms with Crippen molar-refractivity contribution in [1.29, 1.82) is 0 Å². The molecule has 0 spiro atoms. The third-order valence-corrected chi connectivity index (χ3v) is 3.47. The van der Waals surface area contributed by atoms with Gasteiger partial charge in [-0.1, -0.05) is 12.1 Å². The Morgan fingerprint density at radius 3 is 2.30 bits per heavy atom. The number of aryl methyl sites for hydroxylation is 2. The van der Waals surface area contributed by atoms with Crippen LogP contribution in [0.2, 0.25) is 0 Å². The number of halogens is 3. The third-order valence-electron chi connectivity index (χ3n) is 3.47. The van der Waals surface area contributed by atoms with Crippen molar-refractivity contribution in [2.45, 2.75) is 20.0 Å². The summed E-state index contributed by atoms with van der Waals surface area (Å²) in [5.74, 6) is 0. The number of aliphatic imine (C=N–C) groups is 1. The van der Waals surface area contributed by atoms with Gasteiger partial charge in [0.25, 0.3) is 0 Å². The van der Waals surface area contributed by atoms with E-state index < -0.39 is 11.7 Å². The second kappa shape index (κ2) is 6.44. The van der Waals surface area contributed by atoms with E-state index in [0.717, 1.165) is 28.4 Å². The quantitative estimate of drug-likeness (QED) is 0.560. The predicted molar refractivity (Wildman–Crippen MR) is 88.2 cm³/mol. The van der Waals surface area contributed by atoms with Crippen LogP contribution >= 0.6 is 0 Å². The van der Waals surface area contributed by atoms with Crippen molar-refractivity contribution >= 4 is 12.0 Å². The van der Waals surface area contributed by atoms with Gasteiger partial charge in [0.05, 0.1) is 17.6 Å². The molecule has 23 heavy (non-hydrogen) atoms. The molecule has 2 rings (SSSR count). The Morgan fingerprint density at radius 2 is 1.70 bits per heavy atom. The maximum Gasteiger partial charge on any atom is 0.416 e. The topological polar surface area (TPSA) is 15.6 Å². The summed E-state index contributed by atoms with van der Waals surface area (Å²) < 4.78 is 38.6. The fourth-order valence-electron chi connectivity index (χ4n) is 2.29. The summed E-state index contributed by atoms with van der Waals surface area (Å²) in [4.78, 5) is 6.21. The Bertz CT molecular complexity index is 732. The van der Waals surface area contributed by atoms with Crippen LogP contribution in [0.5, 0.6) is 0 Å². The SMILES string of the molecule is Cc1cc(-c2cccc(C(F)(F)F)c2)c(C)cc1/N=C/N(C)C. The van der Waals surface area contributed by atoms with Gasteiger partial charge in [0.15, 0.2) is 0 Å². The lowest BCUT2D eigenvalue weighted by molar-refractivity contribution is -0.137. The average molecular weight is 320 g/mol. The highest BCUT2D eigenvalue weighted by Crippen LogP contribution is 2.35. The van der Waals surface area contributed by atoms with Crippen LogP contribution < -0.4 is 0 Å². The molecule has 0 aliphatic rings. The molecule has 0 aromatic heterocycles. The lowest BCUT2D eigenvalue weighted by Crippen LogP contribution is -2.07. The molecule has 0 unspecified atom stereocenters. The van der Waals surface area contributed by atoms with E-state index in [-0.39, 0.29) is 0 Å². The number of hydrogen-bond acceptors (Lipinski definition) is 1. The number of alkyl halides is 3. The van der Waals surface area contributed by atoms with E-state index in [1.807, 2.05) is 45.0 Å². The van der Waals surface area contributed by atoms with Crippen molar-refractivity contribution < 1.29 is 13.2 Å². The smallest absolute Gasteiger partial charge is 0.369 e. The molecule has 122 valence electrons. The molecule has 2 aromatic carbocycles. The average Bonchev–Trinajstić information content (AvgIpc) is 2.47. The largest absolute Gasteiger partial charge is 0.416 e. The summed E-state index contributed by atoms with van der Waals surface area (Å²) in [6.45, 7) is 3.78. The summed E-state index contributed by atoms with van der Waals surface area (Å²) in [6.07, 6.45) is -2.64. The van der Waals surface area contributed by atoms with Crippen molar-refractivity contribution in [3.63, 3.8) is 0 Å². The second-order valence-electron chi connectivity index (χ2n) is 5.74. The van der Waals surface area contributed by atoms with Gasteiger partial charge < -0.3 is 4.90 Å². The lowest BCUT2D eigenvalue weighted by atomic mass is 9.96. The van der Waals surface area contributed by atoms with Gasteiger partial charge in [0.2, 0.25) is 0 Å². The molecule has 0 N–H and O–H groups in total. The van der Waals surface area contributed by atoms with Crippen molar-refractivity contribution in [1.82, 2.24) is 4.90 Å². The molecule has 0 amide bonds. The molecule has 0 radical (unpaired) electrons. The fourth-order valence-corrected chi connectivity index (χ4v) is 2.29. The molecule has 0 bridgehead atoms. The Balaban J connectivity index is 2.47. The van der Waals surface area contributed by atoms with Crippen LogP contribution in [0, 0.1) is 13.8 Å². The second-order valence-corrected chi connectivity index (χ2v) is 5.74. The van der Waals surface area contributed by atoms with Gasteiger partial charge in [-0.05, 0) is 60.4 Å². The molecule has 0 heterocycles. The van der Waals surface area contributed by atoms with E-state index in [0.29, 0.717) is 5.56 Å². The van der Waals surface area contributed by atoms with Gasteiger partial charge in [-0.25, -0.2) is 4.99 Å². The minimum absolute atomic E-state index is 0.559. The zero-order valence-corrected chi connectivity index (χ0v) is 13.6. The van der Waals surface area contributed by atoms with E-state index in [2.05, 4.69) is 4.99 Å². The van der Waals surface area contributed by atoms with Crippen molar-refractivity contribution in [2.24, 2.45) is 4.99 Å². The zero-order valence-electron chi connectivity index (χ0n) is 13.6. The van der Waals surface area contributed by atoms with E-state index in [1.165, 1.54) is 12.1 Å². The Labute approximate surface area is 134 Å². The number of nitrogens with zero attached hydrogens (tertiary/aromatic N) is 2. The van der Waals surface area contributed by atoms with Crippen LogP contribution in [0.1, 0.15) is 16.7 Å². The fraction of sp³-hybridized carbons (Fsp3) is 0.278. The maximum absolute atomic E-state index is 12.9. The highest BCUT2D eigenvalue weighted by molar-refractivity contribution is 5.73. The minimum Gasteiger partial charge on any atom is -0.369 e. The molecule has 0 aliphatic heterocycles. The molecule has 0 atom stereocenters. The van der Waals surface area contributed by atoms with Gasteiger partial charge in [0.1, 0.15) is 0 Å². The highest BCUT2D eigenvalue weighted by Gasteiger charge is 2.30. The molecular weight excluding hydrogens is 301 g/mol. The first-order chi connectivity index (χ1) is 10.7. The van der Waals surface area contributed by atoms with E-state index >= 15 is 0 Å². The highest BCUT2D eigenvalue weighted by atomic mass is 19.4. The summed E-state index contributed by atoms with van der Waals surface area (Å²) in [5.41, 5.74) is 3.33. The summed E-state index contributed by atoms with van der Waals surface area (Å²) in [5, 5.41) is 0. The van der Waals surface area contributed by atoms with E-state index in [1.54, 1.807) is 12.4 Å². The van der Waals surface area contributed by atoms with Crippen molar-refractivity contribution in [3.8, 4) is 11.1 Å². The van der Waals surface area contributed by atoms with Crippen molar-refractivity contribution in [2.75, 3.05) is 14.1 Å². The molecule has 0 fully saturated rings. The summed E-state index contributed by atoms with van der Waals surface area (Å²) in [7, 11) is 3.76. The van der Waals surface area contributed by atoms with Crippen LogP contribution in [-0.4, -0.2) is 25.3 Å². The van der Waals surface area contributed by atoms with Gasteiger partial charge in [-0.2, -0.15) is 13.2 Å². The molecule has 2 nitrogen and oxygen atoms in total. The van der Waals surface area contributed by atoms with Crippen molar-refractivity contribution in [3.05, 3.63) is 53.1 Å². The first-order valence-corrected chi connectivity index (χ1v) is 7.18. The van der Waals surface area contributed by atoms with Gasteiger partial charge in [-0.3, -0.25) is 0 Å². The molecule has 0 aliphatic carbocycles. The van der Waals surface area contributed by atoms with Crippen LogP contribution in [0.4, 0.5) is 18.9 Å².